The van der Waals surface area contributed by atoms with Gasteiger partial charge in [0.15, 0.2) is 0 Å². The van der Waals surface area contributed by atoms with Gasteiger partial charge in [-0.3, -0.25) is 9.52 Å². The molecule has 0 bridgehead atoms. The molecule has 8 heteroatoms. The van der Waals surface area contributed by atoms with Crippen LogP contribution in [0.3, 0.4) is 0 Å². The summed E-state index contributed by atoms with van der Waals surface area (Å²) in [5.74, 6) is -0.271. The van der Waals surface area contributed by atoms with Gasteiger partial charge in [0, 0.05) is 36.7 Å². The Bertz CT molecular complexity index is 1140. The average molecular weight is 469 g/mol. The lowest BCUT2D eigenvalue weighted by molar-refractivity contribution is 0.0952. The largest absolute Gasteiger partial charge is 0.352 e. The molecule has 3 aromatic rings. The van der Waals surface area contributed by atoms with E-state index in [1.165, 1.54) is 17.7 Å². The molecule has 2 N–H and O–H groups in total. The van der Waals surface area contributed by atoms with Crippen LogP contribution in [0.2, 0.25) is 0 Å². The third kappa shape index (κ3) is 7.18. The lowest BCUT2D eigenvalue weighted by atomic mass is 10.1. The smallest absolute Gasteiger partial charge is 0.261 e. The third-order valence-electron chi connectivity index (χ3n) is 5.48. The zero-order valence-corrected chi connectivity index (χ0v) is 20.1. The zero-order valence-electron chi connectivity index (χ0n) is 19.3. The highest BCUT2D eigenvalue weighted by atomic mass is 32.2. The summed E-state index contributed by atoms with van der Waals surface area (Å²) in [6, 6.07) is 12.0. The number of sulfonamides is 1. The Kier molecular flexibility index (Phi) is 8.65. The van der Waals surface area contributed by atoms with Gasteiger partial charge in [-0.1, -0.05) is 31.5 Å². The topological polar surface area (TPSA) is 93.1 Å². The first-order chi connectivity index (χ1) is 15.9. The number of hydrogen-bond donors (Lipinski definition) is 2. The maximum absolute atomic E-state index is 12.9. The summed E-state index contributed by atoms with van der Waals surface area (Å²) < 4.78 is 30.4. The van der Waals surface area contributed by atoms with Crippen LogP contribution in [0.15, 0.2) is 66.1 Å². The second-order valence-electron chi connectivity index (χ2n) is 8.15. The predicted octanol–water partition coefficient (Wildman–Crippen LogP) is 4.55. The van der Waals surface area contributed by atoms with Crippen molar-refractivity contribution in [1.82, 2.24) is 14.9 Å². The number of carbonyl (C=O) groups excluding carboxylic acids is 1. The lowest BCUT2D eigenvalue weighted by Crippen LogP contribution is -2.26. The number of aromatic nitrogens is 2. The molecule has 0 saturated heterocycles. The van der Waals surface area contributed by atoms with E-state index in [2.05, 4.69) is 21.9 Å². The van der Waals surface area contributed by atoms with Crippen molar-refractivity contribution in [3.63, 3.8) is 0 Å². The van der Waals surface area contributed by atoms with Gasteiger partial charge in [-0.15, -0.1) is 0 Å². The highest BCUT2D eigenvalue weighted by molar-refractivity contribution is 7.92. The van der Waals surface area contributed by atoms with Crippen molar-refractivity contribution in [2.75, 3.05) is 11.3 Å². The van der Waals surface area contributed by atoms with Crippen molar-refractivity contribution in [2.45, 2.75) is 57.4 Å². The number of carbonyl (C=O) groups is 1. The first-order valence-corrected chi connectivity index (χ1v) is 12.8. The summed E-state index contributed by atoms with van der Waals surface area (Å²) in [4.78, 5) is 16.7. The van der Waals surface area contributed by atoms with Gasteiger partial charge in [-0.05, 0) is 68.0 Å². The van der Waals surface area contributed by atoms with E-state index in [9.17, 15) is 13.2 Å². The van der Waals surface area contributed by atoms with Gasteiger partial charge < -0.3 is 9.88 Å². The van der Waals surface area contributed by atoms with Gasteiger partial charge >= 0.3 is 0 Å². The number of rotatable bonds is 12. The molecule has 0 radical (unpaired) electrons. The van der Waals surface area contributed by atoms with E-state index >= 15 is 0 Å². The summed E-state index contributed by atoms with van der Waals surface area (Å²) in [6.45, 7) is 5.30. The molecule has 0 aliphatic heterocycles. The Morgan fingerprint density at radius 3 is 2.55 bits per heavy atom. The first kappa shape index (κ1) is 24.5. The van der Waals surface area contributed by atoms with Crippen molar-refractivity contribution in [2.24, 2.45) is 0 Å². The van der Waals surface area contributed by atoms with Crippen molar-refractivity contribution in [1.29, 1.82) is 0 Å². The van der Waals surface area contributed by atoms with Crippen molar-refractivity contribution in [3.05, 3.63) is 77.9 Å². The van der Waals surface area contributed by atoms with Crippen LogP contribution >= 0.6 is 0 Å². The van der Waals surface area contributed by atoms with E-state index in [1.54, 1.807) is 37.6 Å². The lowest BCUT2D eigenvalue weighted by Gasteiger charge is -2.12. The van der Waals surface area contributed by atoms with E-state index in [4.69, 9.17) is 0 Å². The van der Waals surface area contributed by atoms with Gasteiger partial charge in [-0.25, -0.2) is 13.4 Å². The molecule has 0 atom stereocenters. The monoisotopic (exact) mass is 468 g/mol. The number of amides is 1. The summed E-state index contributed by atoms with van der Waals surface area (Å²) in [5, 5.41) is 2.89. The number of nitrogens with zero attached hydrogens (tertiary/aromatic N) is 2. The van der Waals surface area contributed by atoms with Crippen LogP contribution in [-0.2, 0) is 23.0 Å². The Labute approximate surface area is 196 Å². The molecule has 0 spiro atoms. The van der Waals surface area contributed by atoms with E-state index in [1.807, 2.05) is 22.9 Å². The van der Waals surface area contributed by atoms with Crippen LogP contribution in [0, 0.1) is 6.92 Å². The number of anilines is 1. The van der Waals surface area contributed by atoms with E-state index < -0.39 is 10.0 Å². The normalized spacial score (nSPS) is 11.3. The molecule has 0 unspecified atom stereocenters. The van der Waals surface area contributed by atoms with Crippen molar-refractivity contribution >= 4 is 21.6 Å². The van der Waals surface area contributed by atoms with Crippen LogP contribution in [0.4, 0.5) is 5.69 Å². The zero-order chi connectivity index (χ0) is 23.7. The Balaban J connectivity index is 1.59. The van der Waals surface area contributed by atoms with E-state index in [-0.39, 0.29) is 10.8 Å². The molecule has 3 rings (SSSR count). The number of nitrogens with one attached hydrogen (secondary N) is 2. The molecular formula is C25H32N4O3S. The standard InChI is InChI=1S/C25H32N4O3S/c1-3-4-7-21-9-11-22(12-10-21)28-33(31,32)23-13-8-20(2)24(18-23)25(30)27-14-5-6-16-29-17-15-26-19-29/h8-13,15,17-19,28H,3-7,14,16H2,1-2H3,(H,27,30). The fraction of sp³-hybridized carbons (Fsp3) is 0.360. The molecule has 1 amide bonds. The van der Waals surface area contributed by atoms with E-state index in [0.717, 1.165) is 44.2 Å². The second kappa shape index (κ2) is 11.7. The third-order valence-corrected chi connectivity index (χ3v) is 6.86. The summed E-state index contributed by atoms with van der Waals surface area (Å²) >= 11 is 0. The minimum atomic E-state index is -3.81. The van der Waals surface area contributed by atoms with E-state index in [0.29, 0.717) is 17.8 Å². The van der Waals surface area contributed by atoms with Crippen LogP contribution in [0.25, 0.3) is 0 Å². The molecule has 7 nitrogen and oxygen atoms in total. The molecule has 1 heterocycles. The number of hydrogen-bond acceptors (Lipinski definition) is 4. The number of imidazole rings is 1. The predicted molar refractivity (Wildman–Crippen MR) is 131 cm³/mol. The van der Waals surface area contributed by atoms with Crippen molar-refractivity contribution in [3.8, 4) is 0 Å². The second-order valence-corrected chi connectivity index (χ2v) is 9.83. The molecule has 1 aromatic heterocycles. The molecule has 0 saturated carbocycles. The van der Waals surface area contributed by atoms with Crippen molar-refractivity contribution < 1.29 is 13.2 Å². The summed E-state index contributed by atoms with van der Waals surface area (Å²) in [6.07, 6.45) is 10.3. The Morgan fingerprint density at radius 1 is 1.06 bits per heavy atom. The molecule has 0 fully saturated rings. The summed E-state index contributed by atoms with van der Waals surface area (Å²) in [7, 11) is -3.81. The number of benzene rings is 2. The van der Waals surface area contributed by atoms with Crippen LogP contribution < -0.4 is 10.0 Å². The molecular weight excluding hydrogens is 436 g/mol. The van der Waals surface area contributed by atoms with Crippen LogP contribution in [0.1, 0.15) is 54.1 Å². The number of unbranched alkanes of at least 4 members (excludes halogenated alkanes) is 2. The first-order valence-electron chi connectivity index (χ1n) is 11.4. The van der Waals surface area contributed by atoms with Gasteiger partial charge in [0.05, 0.1) is 11.2 Å². The number of aryl methyl sites for hydroxylation is 3. The fourth-order valence-electron chi connectivity index (χ4n) is 3.48. The van der Waals surface area contributed by atoms with Gasteiger partial charge in [0.25, 0.3) is 15.9 Å². The van der Waals surface area contributed by atoms with Crippen LogP contribution in [-0.4, -0.2) is 30.4 Å². The fourth-order valence-corrected chi connectivity index (χ4v) is 4.57. The SMILES string of the molecule is CCCCc1ccc(NS(=O)(=O)c2ccc(C)c(C(=O)NCCCCn3ccnc3)c2)cc1. The van der Waals surface area contributed by atoms with Gasteiger partial charge in [0.1, 0.15) is 0 Å². The molecule has 0 aliphatic carbocycles. The Morgan fingerprint density at radius 2 is 1.85 bits per heavy atom. The molecule has 176 valence electrons. The average Bonchev–Trinajstić information content (AvgIpc) is 3.32. The molecule has 33 heavy (non-hydrogen) atoms. The van der Waals surface area contributed by atoms with Crippen LogP contribution in [0.5, 0.6) is 0 Å². The van der Waals surface area contributed by atoms with Gasteiger partial charge in [-0.2, -0.15) is 0 Å². The van der Waals surface area contributed by atoms with Gasteiger partial charge in [0.2, 0.25) is 0 Å². The highest BCUT2D eigenvalue weighted by Gasteiger charge is 2.18. The maximum Gasteiger partial charge on any atom is 0.261 e. The summed E-state index contributed by atoms with van der Waals surface area (Å²) in [5.41, 5.74) is 2.77. The molecule has 2 aromatic carbocycles. The maximum atomic E-state index is 12.9. The minimum Gasteiger partial charge on any atom is -0.352 e. The Hall–Kier alpha value is -3.13. The highest BCUT2D eigenvalue weighted by Crippen LogP contribution is 2.20. The molecule has 0 aliphatic rings. The quantitative estimate of drug-likeness (QED) is 0.382. The minimum absolute atomic E-state index is 0.0633.